The Balaban J connectivity index is 3.12. The number of hydrogen-bond donors (Lipinski definition) is 1. The van der Waals surface area contributed by atoms with Crippen LogP contribution in [0, 0.1) is 6.92 Å². The molecule has 1 unspecified atom stereocenters. The van der Waals surface area contributed by atoms with Gasteiger partial charge < -0.3 is 9.45 Å². The first-order valence-electron chi connectivity index (χ1n) is 4.88. The number of carbonyl (C=O) groups excluding carboxylic acids is 1. The van der Waals surface area contributed by atoms with E-state index in [0.29, 0.717) is 10.5 Å². The zero-order chi connectivity index (χ0) is 12.3. The Morgan fingerprint density at radius 2 is 2.12 bits per heavy atom. The van der Waals surface area contributed by atoms with Gasteiger partial charge in [-0.1, -0.05) is 6.07 Å². The van der Waals surface area contributed by atoms with Crippen LogP contribution in [0.1, 0.15) is 15.9 Å². The van der Waals surface area contributed by atoms with Gasteiger partial charge >= 0.3 is 0 Å². The van der Waals surface area contributed by atoms with Crippen molar-refractivity contribution in [3.8, 4) is 0 Å². The molecule has 1 aromatic carbocycles. The van der Waals surface area contributed by atoms with E-state index >= 15 is 0 Å². The second kappa shape index (κ2) is 5.34. The van der Waals surface area contributed by atoms with Crippen LogP contribution in [0.25, 0.3) is 0 Å². The highest BCUT2D eigenvalue weighted by molar-refractivity contribution is 7.91. The van der Waals surface area contributed by atoms with Crippen LogP contribution >= 0.6 is 0 Å². The SMILES string of the molecule is Cc1ccc(C(=O)N(C)C)cc1[S+]([O-])CN. The van der Waals surface area contributed by atoms with Gasteiger partial charge in [-0.25, -0.2) is 0 Å². The number of benzene rings is 1. The minimum atomic E-state index is -1.23. The number of amides is 1. The minimum Gasteiger partial charge on any atom is -0.610 e. The van der Waals surface area contributed by atoms with Crippen molar-refractivity contribution in [2.75, 3.05) is 20.0 Å². The fraction of sp³-hybridized carbons (Fsp3) is 0.364. The van der Waals surface area contributed by atoms with Crippen molar-refractivity contribution in [2.45, 2.75) is 11.8 Å². The third-order valence-electron chi connectivity index (χ3n) is 2.24. The molecular formula is C11H16N2O2S. The molecule has 0 saturated carbocycles. The summed E-state index contributed by atoms with van der Waals surface area (Å²) in [6, 6.07) is 5.18. The summed E-state index contributed by atoms with van der Waals surface area (Å²) < 4.78 is 11.6. The normalized spacial score (nSPS) is 12.3. The van der Waals surface area contributed by atoms with E-state index in [4.69, 9.17) is 5.73 Å². The molecule has 0 fully saturated rings. The first kappa shape index (κ1) is 13.0. The number of rotatable bonds is 3. The first-order valence-corrected chi connectivity index (χ1v) is 6.20. The summed E-state index contributed by atoms with van der Waals surface area (Å²) in [5.74, 6) is -0.0317. The molecule has 0 aromatic heterocycles. The van der Waals surface area contributed by atoms with Crippen molar-refractivity contribution in [1.29, 1.82) is 0 Å². The highest BCUT2D eigenvalue weighted by Gasteiger charge is 2.16. The molecule has 0 aliphatic rings. The van der Waals surface area contributed by atoms with Crippen LogP contribution in [-0.4, -0.2) is 35.3 Å². The second-order valence-electron chi connectivity index (χ2n) is 3.69. The van der Waals surface area contributed by atoms with E-state index in [0.717, 1.165) is 5.56 Å². The van der Waals surface area contributed by atoms with Crippen molar-refractivity contribution >= 4 is 17.1 Å². The Labute approximate surface area is 98.6 Å². The number of nitrogens with two attached hydrogens (primary N) is 1. The smallest absolute Gasteiger partial charge is 0.253 e. The summed E-state index contributed by atoms with van der Waals surface area (Å²) in [6.45, 7) is 1.85. The third kappa shape index (κ3) is 2.75. The fourth-order valence-corrected chi connectivity index (χ4v) is 2.19. The Morgan fingerprint density at radius 3 is 2.62 bits per heavy atom. The summed E-state index contributed by atoms with van der Waals surface area (Å²) in [4.78, 5) is 13.8. The van der Waals surface area contributed by atoms with Crippen LogP contribution < -0.4 is 5.73 Å². The maximum atomic E-state index is 11.7. The number of aryl methyl sites for hydroxylation is 1. The predicted octanol–water partition coefficient (Wildman–Crippen LogP) is 0.721. The molecule has 1 amide bonds. The van der Waals surface area contributed by atoms with Crippen molar-refractivity contribution < 1.29 is 9.35 Å². The molecule has 1 atom stereocenters. The van der Waals surface area contributed by atoms with E-state index in [1.165, 1.54) is 4.90 Å². The molecule has 0 spiro atoms. The summed E-state index contributed by atoms with van der Waals surface area (Å²) in [6.07, 6.45) is 0. The van der Waals surface area contributed by atoms with E-state index in [9.17, 15) is 9.35 Å². The molecule has 0 saturated heterocycles. The van der Waals surface area contributed by atoms with Gasteiger partial charge in [0.25, 0.3) is 5.91 Å². The number of nitrogens with zero attached hydrogens (tertiary/aromatic N) is 1. The lowest BCUT2D eigenvalue weighted by atomic mass is 10.1. The van der Waals surface area contributed by atoms with Crippen LogP contribution in [-0.2, 0) is 11.2 Å². The van der Waals surface area contributed by atoms with E-state index in [-0.39, 0.29) is 11.8 Å². The first-order chi connectivity index (χ1) is 7.47. The highest BCUT2D eigenvalue weighted by atomic mass is 32.2. The lowest BCUT2D eigenvalue weighted by Crippen LogP contribution is -2.22. The van der Waals surface area contributed by atoms with Crippen molar-refractivity contribution in [1.82, 2.24) is 4.90 Å². The Hall–Kier alpha value is -1.04. The largest absolute Gasteiger partial charge is 0.610 e. The van der Waals surface area contributed by atoms with Gasteiger partial charge in [-0.2, -0.15) is 0 Å². The van der Waals surface area contributed by atoms with Gasteiger partial charge in [0.2, 0.25) is 0 Å². The van der Waals surface area contributed by atoms with Crippen LogP contribution in [0.3, 0.4) is 0 Å². The molecule has 0 radical (unpaired) electrons. The molecule has 1 aromatic rings. The fourth-order valence-electron chi connectivity index (χ4n) is 1.33. The molecule has 0 aliphatic carbocycles. The third-order valence-corrected chi connectivity index (χ3v) is 3.47. The molecule has 0 heterocycles. The average molecular weight is 240 g/mol. The molecule has 0 aliphatic heterocycles. The van der Waals surface area contributed by atoms with Crippen molar-refractivity contribution in [2.24, 2.45) is 5.73 Å². The number of carbonyl (C=O) groups is 1. The molecule has 88 valence electrons. The maximum absolute atomic E-state index is 11.7. The zero-order valence-corrected chi connectivity index (χ0v) is 10.5. The number of hydrogen-bond acceptors (Lipinski definition) is 3. The summed E-state index contributed by atoms with van der Waals surface area (Å²) in [7, 11) is 3.36. The quantitative estimate of drug-likeness (QED) is 0.791. The van der Waals surface area contributed by atoms with E-state index in [2.05, 4.69) is 0 Å². The highest BCUT2D eigenvalue weighted by Crippen LogP contribution is 2.18. The summed E-state index contributed by atoms with van der Waals surface area (Å²) in [5.41, 5.74) is 6.79. The van der Waals surface area contributed by atoms with Gasteiger partial charge in [0.05, 0.1) is 0 Å². The molecule has 1 rings (SSSR count). The van der Waals surface area contributed by atoms with Crippen LogP contribution in [0.4, 0.5) is 0 Å². The maximum Gasteiger partial charge on any atom is 0.253 e. The van der Waals surface area contributed by atoms with E-state index in [1.54, 1.807) is 32.3 Å². The van der Waals surface area contributed by atoms with Gasteiger partial charge in [0, 0.05) is 42.5 Å². The predicted molar refractivity (Wildman–Crippen MR) is 64.7 cm³/mol. The molecule has 5 heteroatoms. The Morgan fingerprint density at radius 1 is 1.50 bits per heavy atom. The van der Waals surface area contributed by atoms with Crippen LogP contribution in [0.2, 0.25) is 0 Å². The van der Waals surface area contributed by atoms with E-state index in [1.807, 2.05) is 6.92 Å². The van der Waals surface area contributed by atoms with Crippen molar-refractivity contribution in [3.63, 3.8) is 0 Å². The van der Waals surface area contributed by atoms with Crippen LogP contribution in [0.5, 0.6) is 0 Å². The second-order valence-corrected chi connectivity index (χ2v) is 5.16. The zero-order valence-electron chi connectivity index (χ0n) is 9.69. The lowest BCUT2D eigenvalue weighted by Gasteiger charge is -2.14. The monoisotopic (exact) mass is 240 g/mol. The van der Waals surface area contributed by atoms with Crippen LogP contribution in [0.15, 0.2) is 23.1 Å². The average Bonchev–Trinajstić information content (AvgIpc) is 2.27. The standard InChI is InChI=1S/C11H16N2O2S/c1-8-4-5-9(11(14)13(2)3)6-10(8)16(15)7-12/h4-6H,7,12H2,1-3H3. The van der Waals surface area contributed by atoms with Crippen molar-refractivity contribution in [3.05, 3.63) is 29.3 Å². The van der Waals surface area contributed by atoms with Gasteiger partial charge in [-0.3, -0.25) is 10.5 Å². The van der Waals surface area contributed by atoms with Gasteiger partial charge in [0.1, 0.15) is 0 Å². The van der Waals surface area contributed by atoms with Gasteiger partial charge in [-0.05, 0) is 13.0 Å². The topological polar surface area (TPSA) is 69.4 Å². The Bertz CT molecular complexity index is 394. The molecule has 2 N–H and O–H groups in total. The lowest BCUT2D eigenvalue weighted by molar-refractivity contribution is 0.0827. The minimum absolute atomic E-state index is 0.0699. The molecular weight excluding hydrogens is 224 g/mol. The molecule has 4 nitrogen and oxygen atoms in total. The van der Waals surface area contributed by atoms with Gasteiger partial charge in [-0.15, -0.1) is 0 Å². The molecule has 16 heavy (non-hydrogen) atoms. The van der Waals surface area contributed by atoms with E-state index < -0.39 is 11.2 Å². The van der Waals surface area contributed by atoms with Gasteiger partial charge in [0.15, 0.2) is 10.8 Å². The summed E-state index contributed by atoms with van der Waals surface area (Å²) in [5, 5.41) is 0. The molecule has 0 bridgehead atoms. The summed E-state index contributed by atoms with van der Waals surface area (Å²) >= 11 is -1.23. The Kier molecular flexibility index (Phi) is 4.35.